The van der Waals surface area contributed by atoms with E-state index in [1.54, 1.807) is 6.20 Å². The number of β-amino-alcohol motifs (C(OH)–C–C–N with tert-alkyl or cyclic N) is 1. The Morgan fingerprint density at radius 3 is 2.47 bits per heavy atom. The number of nitrogens with zero attached hydrogens (tertiary/aromatic N) is 2. The lowest BCUT2D eigenvalue weighted by Gasteiger charge is -2.21. The van der Waals surface area contributed by atoms with Crippen molar-refractivity contribution in [3.63, 3.8) is 0 Å². The number of aliphatic hydroxyl groups is 1. The second-order valence-corrected chi connectivity index (χ2v) is 8.72. The SMILES string of the molecule is Cc1ccc(-c2cc(C(=O)NCc3ccc(C)nc3)cc(C(O)CN3CCCC3)c2)cc1. The fourth-order valence-corrected chi connectivity index (χ4v) is 4.09. The molecule has 1 aliphatic heterocycles. The molecule has 0 radical (unpaired) electrons. The molecule has 32 heavy (non-hydrogen) atoms. The van der Waals surface area contributed by atoms with E-state index in [4.69, 9.17) is 0 Å². The van der Waals surface area contributed by atoms with Crippen molar-refractivity contribution in [1.82, 2.24) is 15.2 Å². The third-order valence-electron chi connectivity index (χ3n) is 6.04. The van der Waals surface area contributed by atoms with E-state index in [-0.39, 0.29) is 5.91 Å². The van der Waals surface area contributed by atoms with Crippen LogP contribution in [0.2, 0.25) is 0 Å². The Kier molecular flexibility index (Phi) is 6.98. The van der Waals surface area contributed by atoms with Crippen molar-refractivity contribution in [2.75, 3.05) is 19.6 Å². The number of hydrogen-bond acceptors (Lipinski definition) is 4. The zero-order valence-electron chi connectivity index (χ0n) is 18.8. The Labute approximate surface area is 190 Å². The molecule has 0 bridgehead atoms. The van der Waals surface area contributed by atoms with Gasteiger partial charge in [-0.05, 0) is 86.3 Å². The Hall–Kier alpha value is -3.02. The number of benzene rings is 2. The lowest BCUT2D eigenvalue weighted by molar-refractivity contribution is 0.0950. The smallest absolute Gasteiger partial charge is 0.251 e. The van der Waals surface area contributed by atoms with Gasteiger partial charge in [-0.3, -0.25) is 9.78 Å². The van der Waals surface area contributed by atoms with Crippen LogP contribution in [0, 0.1) is 13.8 Å². The van der Waals surface area contributed by atoms with E-state index >= 15 is 0 Å². The van der Waals surface area contributed by atoms with Crippen LogP contribution in [0.25, 0.3) is 11.1 Å². The zero-order valence-corrected chi connectivity index (χ0v) is 18.8. The van der Waals surface area contributed by atoms with Crippen molar-refractivity contribution in [3.05, 3.63) is 88.7 Å². The molecule has 4 rings (SSSR count). The van der Waals surface area contributed by atoms with Gasteiger partial charge in [-0.2, -0.15) is 0 Å². The number of aliphatic hydroxyl groups excluding tert-OH is 1. The van der Waals surface area contributed by atoms with Gasteiger partial charge in [0, 0.05) is 30.5 Å². The van der Waals surface area contributed by atoms with Gasteiger partial charge in [0.2, 0.25) is 0 Å². The number of aromatic nitrogens is 1. The monoisotopic (exact) mass is 429 g/mol. The Morgan fingerprint density at radius 2 is 1.78 bits per heavy atom. The normalized spacial score (nSPS) is 15.0. The summed E-state index contributed by atoms with van der Waals surface area (Å²) in [4.78, 5) is 19.6. The van der Waals surface area contributed by atoms with Gasteiger partial charge in [0.05, 0.1) is 6.10 Å². The molecule has 1 saturated heterocycles. The second-order valence-electron chi connectivity index (χ2n) is 8.72. The van der Waals surface area contributed by atoms with Gasteiger partial charge in [0.15, 0.2) is 0 Å². The minimum absolute atomic E-state index is 0.158. The first kappa shape index (κ1) is 22.2. The minimum atomic E-state index is -0.633. The molecule has 0 saturated carbocycles. The van der Waals surface area contributed by atoms with Crippen LogP contribution in [0.1, 0.15) is 51.7 Å². The highest BCUT2D eigenvalue weighted by atomic mass is 16.3. The molecule has 2 aromatic carbocycles. The van der Waals surface area contributed by atoms with Gasteiger partial charge in [-0.25, -0.2) is 0 Å². The molecule has 5 nitrogen and oxygen atoms in total. The van der Waals surface area contributed by atoms with E-state index in [9.17, 15) is 9.90 Å². The average molecular weight is 430 g/mol. The molecule has 1 fully saturated rings. The number of carbonyl (C=O) groups excluding carboxylic acids is 1. The molecule has 5 heteroatoms. The van der Waals surface area contributed by atoms with Crippen LogP contribution in [-0.2, 0) is 6.54 Å². The summed E-state index contributed by atoms with van der Waals surface area (Å²) < 4.78 is 0. The second kappa shape index (κ2) is 10.1. The van der Waals surface area contributed by atoms with Crippen LogP contribution in [-0.4, -0.2) is 40.5 Å². The summed E-state index contributed by atoms with van der Waals surface area (Å²) in [5.41, 5.74) is 6.38. The number of aryl methyl sites for hydroxylation is 2. The lowest BCUT2D eigenvalue weighted by Crippen LogP contribution is -2.26. The standard InChI is InChI=1S/C27H31N3O2/c1-19-5-9-22(10-6-19)23-13-24(26(31)18-30-11-3-4-12-30)15-25(14-23)27(32)29-17-21-8-7-20(2)28-16-21/h5-10,13-16,26,31H,3-4,11-12,17-18H2,1-2H3,(H,29,32). The molecule has 1 aliphatic rings. The Bertz CT molecular complexity index is 1060. The highest BCUT2D eigenvalue weighted by Gasteiger charge is 2.19. The maximum atomic E-state index is 13.0. The summed E-state index contributed by atoms with van der Waals surface area (Å²) in [6.45, 7) is 7.03. The quantitative estimate of drug-likeness (QED) is 0.583. The molecular weight excluding hydrogens is 398 g/mol. The third kappa shape index (κ3) is 5.61. The van der Waals surface area contributed by atoms with E-state index in [1.807, 2.05) is 37.3 Å². The summed E-state index contributed by atoms with van der Waals surface area (Å²) in [6.07, 6.45) is 3.50. The molecule has 1 aromatic heterocycles. The van der Waals surface area contributed by atoms with Crippen molar-refractivity contribution >= 4 is 5.91 Å². The van der Waals surface area contributed by atoms with E-state index < -0.39 is 6.10 Å². The largest absolute Gasteiger partial charge is 0.387 e. The predicted octanol–water partition coefficient (Wildman–Crippen LogP) is 4.42. The molecule has 2 heterocycles. The topological polar surface area (TPSA) is 65.5 Å². The van der Waals surface area contributed by atoms with Crippen LogP contribution in [0.5, 0.6) is 0 Å². The summed E-state index contributed by atoms with van der Waals surface area (Å²) >= 11 is 0. The number of pyridine rings is 1. The molecule has 3 aromatic rings. The molecular formula is C27H31N3O2. The molecule has 1 unspecified atom stereocenters. The first-order valence-corrected chi connectivity index (χ1v) is 11.3. The number of amides is 1. The van der Waals surface area contributed by atoms with E-state index in [2.05, 4.69) is 46.4 Å². The van der Waals surface area contributed by atoms with Crippen LogP contribution < -0.4 is 5.32 Å². The fourth-order valence-electron chi connectivity index (χ4n) is 4.09. The first-order chi connectivity index (χ1) is 15.5. The molecule has 0 aliphatic carbocycles. The molecule has 0 spiro atoms. The van der Waals surface area contributed by atoms with Crippen molar-refractivity contribution in [3.8, 4) is 11.1 Å². The highest BCUT2D eigenvalue weighted by Crippen LogP contribution is 2.27. The number of carbonyl (C=O) groups is 1. The van der Waals surface area contributed by atoms with Crippen molar-refractivity contribution < 1.29 is 9.90 Å². The van der Waals surface area contributed by atoms with Gasteiger partial charge >= 0.3 is 0 Å². The Morgan fingerprint density at radius 1 is 1.03 bits per heavy atom. The number of hydrogen-bond donors (Lipinski definition) is 2. The molecule has 1 amide bonds. The van der Waals surface area contributed by atoms with Crippen LogP contribution in [0.4, 0.5) is 0 Å². The molecule has 166 valence electrons. The van der Waals surface area contributed by atoms with E-state index in [1.165, 1.54) is 18.4 Å². The first-order valence-electron chi connectivity index (χ1n) is 11.3. The fraction of sp³-hybridized carbons (Fsp3) is 0.333. The summed E-state index contributed by atoms with van der Waals surface area (Å²) in [5, 5.41) is 13.9. The van der Waals surface area contributed by atoms with Gasteiger partial charge < -0.3 is 15.3 Å². The highest BCUT2D eigenvalue weighted by molar-refractivity contribution is 5.95. The van der Waals surface area contributed by atoms with E-state index in [0.717, 1.165) is 41.0 Å². The van der Waals surface area contributed by atoms with E-state index in [0.29, 0.717) is 18.7 Å². The zero-order chi connectivity index (χ0) is 22.5. The van der Waals surface area contributed by atoms with Gasteiger partial charge in [-0.1, -0.05) is 35.9 Å². The summed E-state index contributed by atoms with van der Waals surface area (Å²) in [7, 11) is 0. The van der Waals surface area contributed by atoms with Crippen LogP contribution in [0.3, 0.4) is 0 Å². The number of likely N-dealkylation sites (tertiary alicyclic amines) is 1. The van der Waals surface area contributed by atoms with Crippen molar-refractivity contribution in [2.45, 2.75) is 39.3 Å². The number of rotatable bonds is 7. The number of nitrogens with one attached hydrogen (secondary N) is 1. The maximum Gasteiger partial charge on any atom is 0.251 e. The predicted molar refractivity (Wildman–Crippen MR) is 127 cm³/mol. The van der Waals surface area contributed by atoms with Crippen LogP contribution in [0.15, 0.2) is 60.8 Å². The molecule has 2 N–H and O–H groups in total. The van der Waals surface area contributed by atoms with Gasteiger partial charge in [-0.15, -0.1) is 0 Å². The Balaban J connectivity index is 1.58. The summed E-state index contributed by atoms with van der Waals surface area (Å²) in [5.74, 6) is -0.158. The average Bonchev–Trinajstić information content (AvgIpc) is 3.31. The lowest BCUT2D eigenvalue weighted by atomic mass is 9.96. The van der Waals surface area contributed by atoms with Crippen molar-refractivity contribution in [1.29, 1.82) is 0 Å². The van der Waals surface area contributed by atoms with Crippen LogP contribution >= 0.6 is 0 Å². The summed E-state index contributed by atoms with van der Waals surface area (Å²) in [6, 6.07) is 17.9. The van der Waals surface area contributed by atoms with Gasteiger partial charge in [0.25, 0.3) is 5.91 Å². The molecule has 1 atom stereocenters. The van der Waals surface area contributed by atoms with Gasteiger partial charge in [0.1, 0.15) is 0 Å². The third-order valence-corrected chi connectivity index (χ3v) is 6.04. The minimum Gasteiger partial charge on any atom is -0.387 e. The maximum absolute atomic E-state index is 13.0. The van der Waals surface area contributed by atoms with Crippen molar-refractivity contribution in [2.24, 2.45) is 0 Å².